The van der Waals surface area contributed by atoms with Crippen molar-refractivity contribution in [3.05, 3.63) is 23.7 Å². The van der Waals surface area contributed by atoms with Crippen molar-refractivity contribution in [1.29, 1.82) is 0 Å². The summed E-state index contributed by atoms with van der Waals surface area (Å²) in [5, 5.41) is 5.85. The van der Waals surface area contributed by atoms with Crippen LogP contribution in [-0.2, 0) is 14.3 Å². The van der Waals surface area contributed by atoms with E-state index >= 15 is 0 Å². The van der Waals surface area contributed by atoms with Gasteiger partial charge in [-0.3, -0.25) is 14.5 Å². The third kappa shape index (κ3) is 4.41. The van der Waals surface area contributed by atoms with Crippen molar-refractivity contribution in [2.45, 2.75) is 31.7 Å². The first-order valence-electron chi connectivity index (χ1n) is 8.94. The number of nitrogens with zero attached hydrogens (tertiary/aromatic N) is 1. The summed E-state index contributed by atoms with van der Waals surface area (Å²) in [5.74, 6) is 1.86. The van der Waals surface area contributed by atoms with Gasteiger partial charge in [0, 0.05) is 39.3 Å². The first-order chi connectivity index (χ1) is 12.1. The highest BCUT2D eigenvalue weighted by molar-refractivity contribution is 5.79. The van der Waals surface area contributed by atoms with Gasteiger partial charge in [0.25, 0.3) is 0 Å². The van der Waals surface area contributed by atoms with E-state index in [4.69, 9.17) is 9.15 Å². The Morgan fingerprint density at radius 2 is 2.00 bits per heavy atom. The molecule has 0 radical (unpaired) electrons. The lowest BCUT2D eigenvalue weighted by molar-refractivity contribution is -0.128. The van der Waals surface area contributed by atoms with Crippen molar-refractivity contribution in [2.75, 3.05) is 39.9 Å². The summed E-state index contributed by atoms with van der Waals surface area (Å²) in [6.45, 7) is 4.87. The zero-order valence-electron chi connectivity index (χ0n) is 14.9. The van der Waals surface area contributed by atoms with E-state index in [0.29, 0.717) is 32.8 Å². The van der Waals surface area contributed by atoms with Crippen LogP contribution in [0.15, 0.2) is 16.5 Å². The molecule has 7 nitrogen and oxygen atoms in total. The second kappa shape index (κ2) is 8.01. The molecule has 2 N–H and O–H groups in total. The monoisotopic (exact) mass is 349 g/mol. The van der Waals surface area contributed by atoms with Crippen molar-refractivity contribution in [3.63, 3.8) is 0 Å². The normalized spacial score (nSPS) is 25.0. The van der Waals surface area contributed by atoms with E-state index in [1.807, 2.05) is 19.1 Å². The topological polar surface area (TPSA) is 83.8 Å². The number of amides is 2. The van der Waals surface area contributed by atoms with Crippen LogP contribution in [-0.4, -0.2) is 62.7 Å². The maximum absolute atomic E-state index is 12.6. The average molecular weight is 349 g/mol. The summed E-state index contributed by atoms with van der Waals surface area (Å²) in [5.41, 5.74) is 0. The number of carbonyl (C=O) groups excluding carboxylic acids is 2. The second-order valence-corrected chi connectivity index (χ2v) is 6.92. The van der Waals surface area contributed by atoms with Gasteiger partial charge in [0.05, 0.1) is 18.5 Å². The maximum atomic E-state index is 12.6. The quantitative estimate of drug-likeness (QED) is 0.815. The molecule has 7 heteroatoms. The maximum Gasteiger partial charge on any atom is 0.233 e. The van der Waals surface area contributed by atoms with E-state index in [1.165, 1.54) is 0 Å². The van der Waals surface area contributed by atoms with Crippen LogP contribution in [0.1, 0.15) is 30.3 Å². The number of nitrogens with one attached hydrogen (secondary N) is 2. The molecule has 2 atom stereocenters. The number of likely N-dealkylation sites (N-methyl/N-ethyl adjacent to an activating group) is 1. The minimum atomic E-state index is -0.0504. The lowest BCUT2D eigenvalue weighted by atomic mass is 9.96. The molecule has 138 valence electrons. The lowest BCUT2D eigenvalue weighted by Gasteiger charge is -2.25. The van der Waals surface area contributed by atoms with Gasteiger partial charge in [-0.2, -0.15) is 0 Å². The Bertz CT molecular complexity index is 609. The standard InChI is InChI=1S/C18H27N3O4/c1-12-3-4-16(25-12)14-9-21(11-17(22)19-2)10-15(14)20-18(23)13-5-7-24-8-6-13/h3-4,13-15H,5-11H2,1-2H3,(H,19,22)(H,20,23)/t14-,15-/m1/s1. The van der Waals surface area contributed by atoms with Crippen LogP contribution in [0.3, 0.4) is 0 Å². The molecular formula is C18H27N3O4. The van der Waals surface area contributed by atoms with Gasteiger partial charge in [-0.15, -0.1) is 0 Å². The Morgan fingerprint density at radius 1 is 1.24 bits per heavy atom. The number of aryl methyl sites for hydroxylation is 1. The zero-order chi connectivity index (χ0) is 17.8. The summed E-state index contributed by atoms with van der Waals surface area (Å²) in [4.78, 5) is 26.4. The molecule has 0 unspecified atom stereocenters. The average Bonchev–Trinajstić information content (AvgIpc) is 3.21. The number of ether oxygens (including phenoxy) is 1. The fourth-order valence-corrected chi connectivity index (χ4v) is 3.64. The smallest absolute Gasteiger partial charge is 0.233 e. The van der Waals surface area contributed by atoms with Crippen LogP contribution in [0.5, 0.6) is 0 Å². The number of likely N-dealkylation sites (tertiary alicyclic amines) is 1. The van der Waals surface area contributed by atoms with Crippen LogP contribution in [0.25, 0.3) is 0 Å². The van der Waals surface area contributed by atoms with Crippen molar-refractivity contribution < 1.29 is 18.7 Å². The molecule has 3 heterocycles. The first-order valence-corrected chi connectivity index (χ1v) is 8.94. The molecule has 2 saturated heterocycles. The van der Waals surface area contributed by atoms with Crippen LogP contribution in [0.2, 0.25) is 0 Å². The van der Waals surface area contributed by atoms with Crippen molar-refractivity contribution in [3.8, 4) is 0 Å². The Labute approximate surface area is 148 Å². The molecule has 0 saturated carbocycles. The fraction of sp³-hybridized carbons (Fsp3) is 0.667. The molecule has 1 aromatic rings. The number of rotatable bonds is 5. The Kier molecular flexibility index (Phi) is 5.75. The molecule has 2 aliphatic rings. The Hall–Kier alpha value is -1.86. The molecular weight excluding hydrogens is 322 g/mol. The van der Waals surface area contributed by atoms with Gasteiger partial charge in [0.15, 0.2) is 0 Å². The van der Waals surface area contributed by atoms with Gasteiger partial charge < -0.3 is 19.8 Å². The lowest BCUT2D eigenvalue weighted by Crippen LogP contribution is -2.44. The molecule has 2 aliphatic heterocycles. The highest BCUT2D eigenvalue weighted by Gasteiger charge is 2.38. The van der Waals surface area contributed by atoms with E-state index in [0.717, 1.165) is 24.4 Å². The number of carbonyl (C=O) groups is 2. The van der Waals surface area contributed by atoms with Crippen molar-refractivity contribution >= 4 is 11.8 Å². The third-order valence-corrected chi connectivity index (χ3v) is 5.09. The summed E-state index contributed by atoms with van der Waals surface area (Å²) < 4.78 is 11.1. The van der Waals surface area contributed by atoms with Crippen LogP contribution < -0.4 is 10.6 Å². The second-order valence-electron chi connectivity index (χ2n) is 6.92. The summed E-state index contributed by atoms with van der Waals surface area (Å²) in [7, 11) is 1.64. The van der Waals surface area contributed by atoms with Gasteiger partial charge in [-0.1, -0.05) is 0 Å². The Balaban J connectivity index is 1.68. The van der Waals surface area contributed by atoms with E-state index in [-0.39, 0.29) is 29.7 Å². The molecule has 1 aromatic heterocycles. The van der Waals surface area contributed by atoms with E-state index < -0.39 is 0 Å². The molecule has 0 aliphatic carbocycles. The van der Waals surface area contributed by atoms with Gasteiger partial charge in [-0.05, 0) is 31.9 Å². The molecule has 2 fully saturated rings. The van der Waals surface area contributed by atoms with Gasteiger partial charge in [-0.25, -0.2) is 0 Å². The molecule has 0 bridgehead atoms. The van der Waals surface area contributed by atoms with Gasteiger partial charge in [0.2, 0.25) is 11.8 Å². The molecule has 25 heavy (non-hydrogen) atoms. The highest BCUT2D eigenvalue weighted by atomic mass is 16.5. The fourth-order valence-electron chi connectivity index (χ4n) is 3.64. The third-order valence-electron chi connectivity index (χ3n) is 5.09. The molecule has 2 amide bonds. The largest absolute Gasteiger partial charge is 0.466 e. The van der Waals surface area contributed by atoms with E-state index in [9.17, 15) is 9.59 Å². The van der Waals surface area contributed by atoms with Gasteiger partial charge >= 0.3 is 0 Å². The minimum absolute atomic E-state index is 0.0146. The van der Waals surface area contributed by atoms with Crippen LogP contribution in [0.4, 0.5) is 0 Å². The van der Waals surface area contributed by atoms with Crippen molar-refractivity contribution in [2.24, 2.45) is 5.92 Å². The van der Waals surface area contributed by atoms with Crippen LogP contribution in [0, 0.1) is 12.8 Å². The highest BCUT2D eigenvalue weighted by Crippen LogP contribution is 2.29. The van der Waals surface area contributed by atoms with Gasteiger partial charge in [0.1, 0.15) is 11.5 Å². The van der Waals surface area contributed by atoms with E-state index in [2.05, 4.69) is 15.5 Å². The first kappa shape index (κ1) is 17.9. The summed E-state index contributed by atoms with van der Waals surface area (Å²) >= 11 is 0. The molecule has 0 aromatic carbocycles. The molecule has 0 spiro atoms. The summed E-state index contributed by atoms with van der Waals surface area (Å²) in [6, 6.07) is 3.86. The van der Waals surface area contributed by atoms with Crippen molar-refractivity contribution in [1.82, 2.24) is 15.5 Å². The number of hydrogen-bond donors (Lipinski definition) is 2. The predicted molar refractivity (Wildman–Crippen MR) is 92.2 cm³/mol. The minimum Gasteiger partial charge on any atom is -0.466 e. The SMILES string of the molecule is CNC(=O)CN1C[C@@H](NC(=O)C2CCOCC2)[C@H](c2ccc(C)o2)C1. The zero-order valence-corrected chi connectivity index (χ0v) is 14.9. The number of hydrogen-bond acceptors (Lipinski definition) is 5. The summed E-state index contributed by atoms with van der Waals surface area (Å²) in [6.07, 6.45) is 1.54. The van der Waals surface area contributed by atoms with E-state index in [1.54, 1.807) is 7.05 Å². The van der Waals surface area contributed by atoms with Crippen LogP contribution >= 0.6 is 0 Å². The Morgan fingerprint density at radius 3 is 2.64 bits per heavy atom. The number of furan rings is 1. The predicted octanol–water partition coefficient (Wildman–Crippen LogP) is 0.645. The molecule has 3 rings (SSSR count).